The third-order valence-electron chi connectivity index (χ3n) is 3.80. The Morgan fingerprint density at radius 2 is 1.81 bits per heavy atom. The Morgan fingerprint density at radius 1 is 1.24 bits per heavy atom. The second-order valence-corrected chi connectivity index (χ2v) is 5.35. The van der Waals surface area contributed by atoms with Gasteiger partial charge in [-0.25, -0.2) is 15.8 Å². The van der Waals surface area contributed by atoms with Gasteiger partial charge in [0.05, 0.1) is 0 Å². The highest BCUT2D eigenvalue weighted by Crippen LogP contribution is 2.30. The summed E-state index contributed by atoms with van der Waals surface area (Å²) in [6, 6.07) is 1.86. The Kier molecular flexibility index (Phi) is 4.24. The summed E-state index contributed by atoms with van der Waals surface area (Å²) in [5, 5.41) is 0. The van der Waals surface area contributed by atoms with Crippen molar-refractivity contribution in [2.45, 2.75) is 32.1 Å². The standard InChI is InChI=1S/C12H19F3N6/c1-7-5-21(6-8(2)20(7)3)10-4-9(19-16)17-11(18-10)12(13,14)15/h4,7-8H,5-6,16H2,1-3H3,(H,17,18,19). The molecule has 118 valence electrons. The fourth-order valence-electron chi connectivity index (χ4n) is 2.39. The molecule has 2 atom stereocenters. The summed E-state index contributed by atoms with van der Waals surface area (Å²) in [4.78, 5) is 11.0. The first-order chi connectivity index (χ1) is 9.72. The highest BCUT2D eigenvalue weighted by Gasteiger charge is 2.36. The van der Waals surface area contributed by atoms with Crippen molar-refractivity contribution < 1.29 is 13.2 Å². The molecule has 0 amide bonds. The van der Waals surface area contributed by atoms with Gasteiger partial charge < -0.3 is 10.3 Å². The first kappa shape index (κ1) is 15.8. The van der Waals surface area contributed by atoms with Gasteiger partial charge in [0, 0.05) is 31.2 Å². The van der Waals surface area contributed by atoms with Crippen molar-refractivity contribution in [2.24, 2.45) is 5.84 Å². The zero-order chi connectivity index (χ0) is 15.8. The van der Waals surface area contributed by atoms with Crippen molar-refractivity contribution >= 4 is 11.6 Å². The van der Waals surface area contributed by atoms with Crippen LogP contribution in [0.5, 0.6) is 0 Å². The zero-order valence-corrected chi connectivity index (χ0v) is 12.1. The minimum Gasteiger partial charge on any atom is -0.353 e. The van der Waals surface area contributed by atoms with E-state index in [0.29, 0.717) is 13.1 Å². The monoisotopic (exact) mass is 304 g/mol. The molecule has 21 heavy (non-hydrogen) atoms. The average Bonchev–Trinajstić information content (AvgIpc) is 2.42. The van der Waals surface area contributed by atoms with E-state index in [1.807, 2.05) is 25.8 Å². The number of piperazine rings is 1. The summed E-state index contributed by atoms with van der Waals surface area (Å²) in [5.41, 5.74) is 2.16. The normalized spacial score (nSPS) is 24.2. The van der Waals surface area contributed by atoms with Crippen LogP contribution >= 0.6 is 0 Å². The summed E-state index contributed by atoms with van der Waals surface area (Å²) < 4.78 is 38.5. The molecule has 2 unspecified atom stereocenters. The van der Waals surface area contributed by atoms with Gasteiger partial charge in [0.2, 0.25) is 5.82 Å². The Balaban J connectivity index is 2.35. The molecule has 1 fully saturated rings. The molecule has 1 saturated heterocycles. The molecule has 0 spiro atoms. The number of aromatic nitrogens is 2. The van der Waals surface area contributed by atoms with Crippen LogP contribution in [0.2, 0.25) is 0 Å². The van der Waals surface area contributed by atoms with Crippen LogP contribution in [0.15, 0.2) is 6.07 Å². The van der Waals surface area contributed by atoms with Gasteiger partial charge in [-0.05, 0) is 20.9 Å². The molecule has 0 saturated carbocycles. The summed E-state index contributed by atoms with van der Waals surface area (Å²) >= 11 is 0. The molecular weight excluding hydrogens is 285 g/mol. The molecule has 9 heteroatoms. The number of alkyl halides is 3. The van der Waals surface area contributed by atoms with E-state index in [9.17, 15) is 13.2 Å². The SMILES string of the molecule is CC1CN(c2cc(NN)nc(C(F)(F)F)n2)CC(C)N1C. The fourth-order valence-corrected chi connectivity index (χ4v) is 2.39. The molecule has 1 aromatic heterocycles. The maximum Gasteiger partial charge on any atom is 0.451 e. The van der Waals surface area contributed by atoms with Gasteiger partial charge in [0.25, 0.3) is 0 Å². The van der Waals surface area contributed by atoms with E-state index in [1.54, 1.807) is 0 Å². The molecule has 1 aromatic rings. The predicted molar refractivity (Wildman–Crippen MR) is 73.7 cm³/mol. The van der Waals surface area contributed by atoms with Crippen LogP contribution in [0.1, 0.15) is 19.7 Å². The lowest BCUT2D eigenvalue weighted by molar-refractivity contribution is -0.144. The van der Waals surface area contributed by atoms with Crippen LogP contribution in [-0.4, -0.2) is 47.1 Å². The van der Waals surface area contributed by atoms with E-state index in [2.05, 4.69) is 20.3 Å². The van der Waals surface area contributed by atoms with E-state index in [0.717, 1.165) is 0 Å². The number of halogens is 3. The molecule has 0 aromatic carbocycles. The number of hydrazine groups is 1. The maximum atomic E-state index is 12.8. The van der Waals surface area contributed by atoms with Gasteiger partial charge in [0.1, 0.15) is 11.6 Å². The number of rotatable bonds is 2. The topological polar surface area (TPSA) is 70.3 Å². The van der Waals surface area contributed by atoms with Gasteiger partial charge in [0.15, 0.2) is 0 Å². The third kappa shape index (κ3) is 3.35. The van der Waals surface area contributed by atoms with Gasteiger partial charge in [-0.15, -0.1) is 0 Å². The smallest absolute Gasteiger partial charge is 0.353 e. The Morgan fingerprint density at radius 3 is 2.29 bits per heavy atom. The molecule has 6 nitrogen and oxygen atoms in total. The molecule has 1 aliphatic heterocycles. The van der Waals surface area contributed by atoms with Crippen molar-refractivity contribution in [3.63, 3.8) is 0 Å². The summed E-state index contributed by atoms with van der Waals surface area (Å²) in [6.45, 7) is 5.24. The molecule has 0 radical (unpaired) electrons. The van der Waals surface area contributed by atoms with E-state index >= 15 is 0 Å². The third-order valence-corrected chi connectivity index (χ3v) is 3.80. The van der Waals surface area contributed by atoms with Gasteiger partial charge in [-0.3, -0.25) is 4.90 Å². The molecule has 3 N–H and O–H groups in total. The highest BCUT2D eigenvalue weighted by atomic mass is 19.4. The van der Waals surface area contributed by atoms with Gasteiger partial charge in [-0.2, -0.15) is 13.2 Å². The minimum absolute atomic E-state index is 0.0495. The minimum atomic E-state index is -4.61. The maximum absolute atomic E-state index is 12.8. The van der Waals surface area contributed by atoms with Crippen molar-refractivity contribution in [1.82, 2.24) is 14.9 Å². The van der Waals surface area contributed by atoms with Crippen LogP contribution in [0, 0.1) is 0 Å². The molecule has 0 bridgehead atoms. The summed E-state index contributed by atoms with van der Waals surface area (Å²) in [5.74, 6) is 4.20. The van der Waals surface area contributed by atoms with E-state index in [1.165, 1.54) is 6.07 Å². The summed E-state index contributed by atoms with van der Waals surface area (Å²) in [6.07, 6.45) is -4.61. The Labute approximate surface area is 121 Å². The second kappa shape index (κ2) is 5.64. The Hall–Kier alpha value is -1.61. The first-order valence-electron chi connectivity index (χ1n) is 6.62. The molecule has 0 aliphatic carbocycles. The number of hydrogen-bond acceptors (Lipinski definition) is 6. The van der Waals surface area contributed by atoms with Crippen molar-refractivity contribution in [3.8, 4) is 0 Å². The van der Waals surface area contributed by atoms with Gasteiger partial charge >= 0.3 is 6.18 Å². The number of nitrogens with zero attached hydrogens (tertiary/aromatic N) is 4. The van der Waals surface area contributed by atoms with Crippen LogP contribution in [0.3, 0.4) is 0 Å². The van der Waals surface area contributed by atoms with E-state index < -0.39 is 12.0 Å². The summed E-state index contributed by atoms with van der Waals surface area (Å²) in [7, 11) is 2.00. The molecule has 1 aliphatic rings. The lowest BCUT2D eigenvalue weighted by Gasteiger charge is -2.43. The number of likely N-dealkylation sites (N-methyl/N-ethyl adjacent to an activating group) is 1. The van der Waals surface area contributed by atoms with Crippen LogP contribution in [0.25, 0.3) is 0 Å². The van der Waals surface area contributed by atoms with Crippen molar-refractivity contribution in [2.75, 3.05) is 30.5 Å². The lowest BCUT2D eigenvalue weighted by atomic mass is 10.1. The number of hydrogen-bond donors (Lipinski definition) is 2. The molecule has 2 rings (SSSR count). The van der Waals surface area contributed by atoms with Crippen LogP contribution in [0.4, 0.5) is 24.8 Å². The van der Waals surface area contributed by atoms with Crippen molar-refractivity contribution in [1.29, 1.82) is 0 Å². The number of anilines is 2. The molecule has 2 heterocycles. The Bertz CT molecular complexity index is 494. The van der Waals surface area contributed by atoms with Crippen LogP contribution < -0.4 is 16.2 Å². The number of nitrogens with one attached hydrogen (secondary N) is 1. The highest BCUT2D eigenvalue weighted by molar-refractivity contribution is 5.49. The van der Waals surface area contributed by atoms with E-state index in [4.69, 9.17) is 5.84 Å². The van der Waals surface area contributed by atoms with Gasteiger partial charge in [-0.1, -0.05) is 0 Å². The molecular formula is C12H19F3N6. The lowest BCUT2D eigenvalue weighted by Crippen LogP contribution is -2.55. The second-order valence-electron chi connectivity index (χ2n) is 5.35. The van der Waals surface area contributed by atoms with Crippen LogP contribution in [-0.2, 0) is 6.18 Å². The largest absolute Gasteiger partial charge is 0.451 e. The average molecular weight is 304 g/mol. The number of nitrogens with two attached hydrogens (primary N) is 1. The quantitative estimate of drug-likeness (QED) is 0.634. The zero-order valence-electron chi connectivity index (χ0n) is 12.1. The number of nitrogen functional groups attached to an aromatic ring is 1. The van der Waals surface area contributed by atoms with E-state index in [-0.39, 0.29) is 23.7 Å². The fraction of sp³-hybridized carbons (Fsp3) is 0.667. The first-order valence-corrected chi connectivity index (χ1v) is 6.62. The van der Waals surface area contributed by atoms with Crippen molar-refractivity contribution in [3.05, 3.63) is 11.9 Å². The predicted octanol–water partition coefficient (Wildman–Crippen LogP) is 1.31.